The molecule has 2 N–H and O–H groups in total. The minimum Gasteiger partial charge on any atom is -0.395 e. The van der Waals surface area contributed by atoms with Crippen LogP contribution >= 0.6 is 0 Å². The second kappa shape index (κ2) is 8.98. The summed E-state index contributed by atoms with van der Waals surface area (Å²) in [5.74, 6) is -4.06. The van der Waals surface area contributed by atoms with Crippen molar-refractivity contribution in [2.24, 2.45) is 4.99 Å². The Kier molecular flexibility index (Phi) is 6.07. The number of hydrogen-bond donors (Lipinski definition) is 2. The molecule has 0 aliphatic rings. The van der Waals surface area contributed by atoms with Crippen LogP contribution in [-0.2, 0) is 0 Å². The number of nitrogens with zero attached hydrogens (tertiary/aromatic N) is 3. The van der Waals surface area contributed by atoms with Gasteiger partial charge >= 0.3 is 6.18 Å². The topological polar surface area (TPSA) is 121 Å². The number of carbonyl (C=O) groups is 2. The average Bonchev–Trinajstić information content (AvgIpc) is 3.46. The molecule has 0 saturated heterocycles. The van der Waals surface area contributed by atoms with E-state index in [2.05, 4.69) is 20.1 Å². The van der Waals surface area contributed by atoms with E-state index in [9.17, 15) is 32.3 Å². The molecule has 0 aliphatic heterocycles. The lowest BCUT2D eigenvalue weighted by Crippen LogP contribution is -2.22. The number of aliphatic hydroxyl groups excluding tert-OH is 1. The summed E-state index contributed by atoms with van der Waals surface area (Å²) < 4.78 is 56.4. The van der Waals surface area contributed by atoms with E-state index in [1.807, 2.05) is 0 Å². The van der Waals surface area contributed by atoms with Crippen LogP contribution in [0.1, 0.15) is 32.5 Å². The molecule has 2 aromatic carbocycles. The highest BCUT2D eigenvalue weighted by Crippen LogP contribution is 2.29. The summed E-state index contributed by atoms with van der Waals surface area (Å²) in [6.45, 7) is -0.513. The fourth-order valence-corrected chi connectivity index (χ4v) is 3.12. The lowest BCUT2D eigenvalue weighted by molar-refractivity contribution is -0.0884. The maximum absolute atomic E-state index is 13.0. The van der Waals surface area contributed by atoms with E-state index in [1.54, 1.807) is 0 Å². The number of aliphatic imine (C=N–C) groups is 1. The number of fused-ring (bicyclic) bond motifs is 1. The highest BCUT2D eigenvalue weighted by Gasteiger charge is 2.40. The van der Waals surface area contributed by atoms with Crippen LogP contribution in [0.5, 0.6) is 0 Å². The monoisotopic (exact) mass is 474 g/mol. The number of H-pyrrole nitrogens is 1. The molecule has 4 aromatic rings. The van der Waals surface area contributed by atoms with Gasteiger partial charge in [-0.05, 0) is 30.3 Å². The van der Waals surface area contributed by atoms with Crippen molar-refractivity contribution in [3.05, 3.63) is 71.5 Å². The number of hydrogen-bond acceptors (Lipinski definition) is 6. The summed E-state index contributed by atoms with van der Waals surface area (Å²) in [4.78, 5) is 34.2. The van der Waals surface area contributed by atoms with E-state index in [0.717, 1.165) is 24.5 Å². The van der Waals surface area contributed by atoms with E-state index in [0.29, 0.717) is 5.56 Å². The van der Waals surface area contributed by atoms with Crippen molar-refractivity contribution in [2.45, 2.75) is 12.1 Å². The molecule has 1 atom stereocenters. The van der Waals surface area contributed by atoms with Crippen LogP contribution in [0.3, 0.4) is 0 Å². The fraction of sp³-hybridized carbons (Fsp3) is 0.136. The average molecular weight is 474 g/mol. The van der Waals surface area contributed by atoms with Crippen LogP contribution in [0.15, 0.2) is 58.2 Å². The minimum atomic E-state index is -5.00. The Bertz CT molecular complexity index is 1390. The first-order valence-electron chi connectivity index (χ1n) is 9.69. The molecular formula is C22H14F4N4O4. The van der Waals surface area contributed by atoms with Gasteiger partial charge in [0.25, 0.3) is 11.7 Å². The van der Waals surface area contributed by atoms with Gasteiger partial charge in [0, 0.05) is 34.4 Å². The number of alkyl halides is 3. The number of Topliss-reactive ketones (excluding diaryl/α,β-unsaturated/α-hetero) is 1. The van der Waals surface area contributed by atoms with E-state index >= 15 is 0 Å². The van der Waals surface area contributed by atoms with Crippen LogP contribution in [0, 0.1) is 5.82 Å². The fourth-order valence-electron chi connectivity index (χ4n) is 3.12. The van der Waals surface area contributed by atoms with Crippen LogP contribution in [-0.4, -0.2) is 50.9 Å². The van der Waals surface area contributed by atoms with Crippen molar-refractivity contribution in [2.75, 3.05) is 6.61 Å². The number of amides is 1. The van der Waals surface area contributed by atoms with Crippen molar-refractivity contribution >= 4 is 28.8 Å². The lowest BCUT2D eigenvalue weighted by atomic mass is 10.1. The van der Waals surface area contributed by atoms with E-state index in [1.165, 1.54) is 30.3 Å². The predicted octanol–water partition coefficient (Wildman–Crippen LogP) is 4.09. The molecule has 0 bridgehead atoms. The summed E-state index contributed by atoms with van der Waals surface area (Å²) in [6.07, 6.45) is -2.91. The normalized spacial score (nSPS) is 13.0. The van der Waals surface area contributed by atoms with E-state index < -0.39 is 41.8 Å². The van der Waals surface area contributed by atoms with Gasteiger partial charge in [0.1, 0.15) is 5.82 Å². The number of rotatable bonds is 6. The summed E-state index contributed by atoms with van der Waals surface area (Å²) in [5, 5.41) is 13.5. The molecule has 0 spiro atoms. The Labute approximate surface area is 187 Å². The Morgan fingerprint density at radius 1 is 1.18 bits per heavy atom. The first kappa shape index (κ1) is 23.0. The van der Waals surface area contributed by atoms with Crippen molar-refractivity contribution in [1.82, 2.24) is 15.1 Å². The van der Waals surface area contributed by atoms with Gasteiger partial charge in [-0.15, -0.1) is 0 Å². The number of aromatic amines is 1. The highest BCUT2D eigenvalue weighted by atomic mass is 19.4. The third-order valence-corrected chi connectivity index (χ3v) is 4.86. The zero-order chi connectivity index (χ0) is 24.5. The highest BCUT2D eigenvalue weighted by molar-refractivity contribution is 6.10. The Balaban J connectivity index is 1.55. The van der Waals surface area contributed by atoms with Gasteiger partial charge in [-0.1, -0.05) is 17.3 Å². The molecule has 12 heteroatoms. The number of aliphatic hydroxyl groups is 1. The zero-order valence-corrected chi connectivity index (χ0v) is 17.0. The van der Waals surface area contributed by atoms with Crippen molar-refractivity contribution in [3.63, 3.8) is 0 Å². The number of ketones is 1. The van der Waals surface area contributed by atoms with Crippen LogP contribution in [0.4, 0.5) is 17.6 Å². The van der Waals surface area contributed by atoms with Gasteiger partial charge in [-0.25, -0.2) is 9.38 Å². The Hall–Kier alpha value is -4.19. The van der Waals surface area contributed by atoms with Gasteiger partial charge in [0.15, 0.2) is 0 Å². The molecule has 0 radical (unpaired) electrons. The summed E-state index contributed by atoms with van der Waals surface area (Å²) in [6, 6.07) is 8.92. The Morgan fingerprint density at radius 2 is 1.91 bits per heavy atom. The molecule has 0 saturated carbocycles. The molecule has 2 heterocycles. The van der Waals surface area contributed by atoms with Crippen LogP contribution in [0.2, 0.25) is 0 Å². The first-order chi connectivity index (χ1) is 16.2. The molecule has 8 nitrogen and oxygen atoms in total. The molecule has 0 fully saturated rings. The zero-order valence-electron chi connectivity index (χ0n) is 17.0. The van der Waals surface area contributed by atoms with Crippen molar-refractivity contribution in [3.8, 4) is 11.4 Å². The maximum atomic E-state index is 13.0. The van der Waals surface area contributed by atoms with Gasteiger partial charge in [-0.2, -0.15) is 18.2 Å². The van der Waals surface area contributed by atoms with E-state index in [-0.39, 0.29) is 28.2 Å². The second-order valence-electron chi connectivity index (χ2n) is 7.13. The summed E-state index contributed by atoms with van der Waals surface area (Å²) >= 11 is 0. The number of benzene rings is 2. The largest absolute Gasteiger partial charge is 0.454 e. The quantitative estimate of drug-likeness (QED) is 0.247. The van der Waals surface area contributed by atoms with E-state index in [4.69, 9.17) is 4.52 Å². The standard InChI is InChI=1S/C22H14F4N4O4/c23-14-4-1-11(2-5-14)20(33)28-8-13(10-31)21-29-19(30-34-21)12-3-6-15-16(9-27-17(15)7-12)18(32)22(24,25)26/h1-9,13,27,31H,10H2. The SMILES string of the molecule is O=C(N=CC(CO)c1nc(-c2ccc3c(C(=O)C(F)(F)F)c[nH]c3c2)no1)c1ccc(F)cc1. The molecule has 0 aliphatic carbocycles. The van der Waals surface area contributed by atoms with Crippen molar-refractivity contribution in [1.29, 1.82) is 0 Å². The maximum Gasteiger partial charge on any atom is 0.454 e. The Morgan fingerprint density at radius 3 is 2.59 bits per heavy atom. The number of nitrogens with one attached hydrogen (secondary N) is 1. The molecular weight excluding hydrogens is 460 g/mol. The molecule has 4 rings (SSSR count). The molecule has 2 aromatic heterocycles. The van der Waals surface area contributed by atoms with Crippen molar-refractivity contribution < 1.29 is 36.8 Å². The minimum absolute atomic E-state index is 0.0620. The van der Waals surface area contributed by atoms with Crippen LogP contribution < -0.4 is 0 Å². The first-order valence-corrected chi connectivity index (χ1v) is 9.69. The number of aromatic nitrogens is 3. The van der Waals surface area contributed by atoms with Crippen LogP contribution in [0.25, 0.3) is 22.3 Å². The summed E-state index contributed by atoms with van der Waals surface area (Å²) in [5.41, 5.74) is 0.251. The van der Waals surface area contributed by atoms with Gasteiger partial charge < -0.3 is 14.6 Å². The molecule has 34 heavy (non-hydrogen) atoms. The number of halogens is 4. The van der Waals surface area contributed by atoms with Gasteiger partial charge in [0.2, 0.25) is 11.7 Å². The third-order valence-electron chi connectivity index (χ3n) is 4.86. The molecule has 174 valence electrons. The predicted molar refractivity (Wildman–Crippen MR) is 111 cm³/mol. The third kappa shape index (κ3) is 4.62. The van der Waals surface area contributed by atoms with Gasteiger partial charge in [0.05, 0.1) is 18.1 Å². The molecule has 1 amide bonds. The lowest BCUT2D eigenvalue weighted by Gasteiger charge is -2.03. The molecule has 1 unspecified atom stereocenters. The van der Waals surface area contributed by atoms with Gasteiger partial charge in [-0.3, -0.25) is 9.59 Å². The summed E-state index contributed by atoms with van der Waals surface area (Å²) in [7, 11) is 0. The smallest absolute Gasteiger partial charge is 0.395 e. The number of carbonyl (C=O) groups excluding carboxylic acids is 2. The second-order valence-corrected chi connectivity index (χ2v) is 7.13.